The number of hydrogen-bond donors (Lipinski definition) is 0. The number of aryl methyl sites for hydroxylation is 2. The van der Waals surface area contributed by atoms with Crippen LogP contribution < -0.4 is 4.90 Å². The van der Waals surface area contributed by atoms with Gasteiger partial charge in [0.15, 0.2) is 10.9 Å². The maximum Gasteiger partial charge on any atom is 0.260 e. The molecule has 0 radical (unpaired) electrons. The first-order chi connectivity index (χ1) is 14.4. The zero-order valence-electron chi connectivity index (χ0n) is 17.1. The molecule has 7 heteroatoms. The number of rotatable bonds is 6. The summed E-state index contributed by atoms with van der Waals surface area (Å²) in [4.78, 5) is 31.4. The maximum atomic E-state index is 13.4. The van der Waals surface area contributed by atoms with Gasteiger partial charge in [-0.25, -0.2) is 4.98 Å². The minimum absolute atomic E-state index is 0.0263. The van der Waals surface area contributed by atoms with Crippen molar-refractivity contribution in [1.29, 1.82) is 0 Å². The van der Waals surface area contributed by atoms with Gasteiger partial charge < -0.3 is 0 Å². The molecule has 0 atom stereocenters. The van der Waals surface area contributed by atoms with Crippen LogP contribution in [0.2, 0.25) is 0 Å². The predicted molar refractivity (Wildman–Crippen MR) is 119 cm³/mol. The van der Waals surface area contributed by atoms with Gasteiger partial charge in [-0.3, -0.25) is 19.2 Å². The second-order valence-corrected chi connectivity index (χ2v) is 8.29. The number of aromatic nitrogens is 3. The lowest BCUT2D eigenvalue weighted by Crippen LogP contribution is -2.34. The number of anilines is 1. The number of Topliss-reactive ketones (excluding diaryl/α,β-unsaturated/α-hetero) is 1. The second kappa shape index (κ2) is 8.20. The van der Waals surface area contributed by atoms with Crippen molar-refractivity contribution < 1.29 is 9.59 Å². The highest BCUT2D eigenvalue weighted by Gasteiger charge is 2.22. The highest BCUT2D eigenvalue weighted by atomic mass is 32.1. The summed E-state index contributed by atoms with van der Waals surface area (Å²) in [6.07, 6.45) is 3.59. The third-order valence-corrected chi connectivity index (χ3v) is 5.97. The predicted octanol–water partition coefficient (Wildman–Crippen LogP) is 4.66. The van der Waals surface area contributed by atoms with Gasteiger partial charge in [-0.15, -0.1) is 0 Å². The molecule has 0 bridgehead atoms. The van der Waals surface area contributed by atoms with Crippen molar-refractivity contribution >= 4 is 38.4 Å². The van der Waals surface area contributed by atoms with Crippen LogP contribution in [0.4, 0.5) is 5.13 Å². The Kier molecular flexibility index (Phi) is 5.46. The summed E-state index contributed by atoms with van der Waals surface area (Å²) in [5.41, 5.74) is 4.29. The van der Waals surface area contributed by atoms with Gasteiger partial charge in [0.25, 0.3) is 5.91 Å². The number of thiazole rings is 1. The van der Waals surface area contributed by atoms with E-state index in [-0.39, 0.29) is 11.7 Å². The molecule has 152 valence electrons. The Hall–Kier alpha value is -3.32. The van der Waals surface area contributed by atoms with Crippen LogP contribution in [-0.2, 0) is 6.54 Å². The van der Waals surface area contributed by atoms with E-state index in [1.165, 1.54) is 23.8 Å². The van der Waals surface area contributed by atoms with Crippen LogP contribution in [0.1, 0.15) is 38.8 Å². The molecule has 0 spiro atoms. The van der Waals surface area contributed by atoms with Crippen LogP contribution in [0.15, 0.2) is 54.9 Å². The van der Waals surface area contributed by atoms with Crippen LogP contribution in [0.5, 0.6) is 0 Å². The molecule has 0 aliphatic rings. The lowest BCUT2D eigenvalue weighted by Gasteiger charge is -2.20. The van der Waals surface area contributed by atoms with E-state index in [1.54, 1.807) is 40.0 Å². The summed E-state index contributed by atoms with van der Waals surface area (Å²) < 4.78 is 2.85. The van der Waals surface area contributed by atoms with E-state index in [1.807, 2.05) is 19.2 Å². The van der Waals surface area contributed by atoms with Crippen molar-refractivity contribution in [2.75, 3.05) is 11.4 Å². The fourth-order valence-corrected chi connectivity index (χ4v) is 4.56. The van der Waals surface area contributed by atoms with E-state index in [4.69, 9.17) is 4.98 Å². The van der Waals surface area contributed by atoms with Crippen LogP contribution in [0.25, 0.3) is 10.2 Å². The molecule has 4 aromatic rings. The number of ketones is 1. The van der Waals surface area contributed by atoms with Gasteiger partial charge in [0.1, 0.15) is 0 Å². The molecule has 2 aromatic carbocycles. The fourth-order valence-electron chi connectivity index (χ4n) is 3.40. The molecule has 0 N–H and O–H groups in total. The smallest absolute Gasteiger partial charge is 0.260 e. The Balaban J connectivity index is 1.71. The molecule has 0 saturated heterocycles. The molecular weight excluding hydrogens is 396 g/mol. The van der Waals surface area contributed by atoms with Crippen molar-refractivity contribution in [3.8, 4) is 0 Å². The summed E-state index contributed by atoms with van der Waals surface area (Å²) in [6.45, 7) is 6.60. The van der Waals surface area contributed by atoms with Crippen LogP contribution >= 0.6 is 11.3 Å². The molecule has 0 unspecified atom stereocenters. The van der Waals surface area contributed by atoms with E-state index in [2.05, 4.69) is 24.2 Å². The van der Waals surface area contributed by atoms with Gasteiger partial charge in [0.2, 0.25) is 0 Å². The largest absolute Gasteiger partial charge is 0.295 e. The standard InChI is InChI=1S/C23H22N4O2S/c1-15-13-16(2)21-20(14-15)30-23(25-21)27(12-11-26-10-4-9-24-26)22(29)19-7-5-18(6-8-19)17(3)28/h4-10,13-14H,11-12H2,1-3H3. The van der Waals surface area contributed by atoms with Gasteiger partial charge in [-0.2, -0.15) is 5.10 Å². The van der Waals surface area contributed by atoms with Crippen molar-refractivity contribution in [2.45, 2.75) is 27.3 Å². The molecule has 0 saturated carbocycles. The van der Waals surface area contributed by atoms with Crippen LogP contribution in [0, 0.1) is 13.8 Å². The van der Waals surface area contributed by atoms with Crippen molar-refractivity contribution in [1.82, 2.24) is 14.8 Å². The van der Waals surface area contributed by atoms with E-state index < -0.39 is 0 Å². The Morgan fingerprint density at radius 3 is 2.50 bits per heavy atom. The first-order valence-electron chi connectivity index (χ1n) is 9.70. The third-order valence-electron chi connectivity index (χ3n) is 4.94. The van der Waals surface area contributed by atoms with E-state index in [0.717, 1.165) is 15.8 Å². The third kappa shape index (κ3) is 4.02. The topological polar surface area (TPSA) is 68.1 Å². The van der Waals surface area contributed by atoms with Crippen LogP contribution in [0.3, 0.4) is 0 Å². The quantitative estimate of drug-likeness (QED) is 0.427. The molecule has 6 nitrogen and oxygen atoms in total. The zero-order chi connectivity index (χ0) is 21.3. The number of carbonyl (C=O) groups is 2. The Morgan fingerprint density at radius 2 is 1.83 bits per heavy atom. The number of carbonyl (C=O) groups excluding carboxylic acids is 2. The molecule has 0 aliphatic carbocycles. The van der Waals surface area contributed by atoms with Gasteiger partial charge >= 0.3 is 0 Å². The van der Waals surface area contributed by atoms with Crippen LogP contribution in [-0.4, -0.2) is 33.0 Å². The number of fused-ring (bicyclic) bond motifs is 1. The summed E-state index contributed by atoms with van der Waals surface area (Å²) >= 11 is 1.51. The molecule has 2 heterocycles. The van der Waals surface area contributed by atoms with E-state index in [9.17, 15) is 9.59 Å². The summed E-state index contributed by atoms with van der Waals surface area (Å²) in [5, 5.41) is 4.90. The van der Waals surface area contributed by atoms with Gasteiger partial charge in [0.05, 0.1) is 16.8 Å². The van der Waals surface area contributed by atoms with Crippen molar-refractivity contribution in [3.63, 3.8) is 0 Å². The molecule has 0 aliphatic heterocycles. The second-order valence-electron chi connectivity index (χ2n) is 7.28. The first kappa shape index (κ1) is 20.0. The van der Waals surface area contributed by atoms with Gasteiger partial charge in [-0.05, 0) is 56.2 Å². The minimum atomic E-state index is -0.148. The highest BCUT2D eigenvalue weighted by molar-refractivity contribution is 7.22. The Morgan fingerprint density at radius 1 is 1.10 bits per heavy atom. The number of hydrogen-bond acceptors (Lipinski definition) is 5. The molecule has 0 fully saturated rings. The van der Waals surface area contributed by atoms with E-state index in [0.29, 0.717) is 29.3 Å². The van der Waals surface area contributed by atoms with Gasteiger partial charge in [-0.1, -0.05) is 29.5 Å². The lowest BCUT2D eigenvalue weighted by atomic mass is 10.1. The minimum Gasteiger partial charge on any atom is -0.295 e. The number of nitrogens with zero attached hydrogens (tertiary/aromatic N) is 4. The normalized spacial score (nSPS) is 11.0. The fraction of sp³-hybridized carbons (Fsp3) is 0.217. The molecule has 2 aromatic heterocycles. The molecule has 30 heavy (non-hydrogen) atoms. The summed E-state index contributed by atoms with van der Waals surface area (Å²) in [5.74, 6) is -0.174. The SMILES string of the molecule is CC(=O)c1ccc(C(=O)N(CCn2cccn2)c2nc3c(C)cc(C)cc3s2)cc1. The van der Waals surface area contributed by atoms with Gasteiger partial charge in [0, 0.05) is 30.1 Å². The summed E-state index contributed by atoms with van der Waals surface area (Å²) in [7, 11) is 0. The Bertz CT molecular complexity index is 1210. The van der Waals surface area contributed by atoms with E-state index >= 15 is 0 Å². The zero-order valence-corrected chi connectivity index (χ0v) is 17.9. The monoisotopic (exact) mass is 418 g/mol. The number of amides is 1. The average molecular weight is 419 g/mol. The van der Waals surface area contributed by atoms with Crippen molar-refractivity contribution in [3.05, 3.63) is 77.1 Å². The lowest BCUT2D eigenvalue weighted by molar-refractivity contribution is 0.0981. The summed E-state index contributed by atoms with van der Waals surface area (Å²) in [6, 6.07) is 12.8. The Labute approximate surface area is 178 Å². The first-order valence-corrected chi connectivity index (χ1v) is 10.5. The number of benzene rings is 2. The molecular formula is C23H22N4O2S. The molecule has 1 amide bonds. The average Bonchev–Trinajstić information content (AvgIpc) is 3.38. The molecule has 4 rings (SSSR count). The van der Waals surface area contributed by atoms with Crippen molar-refractivity contribution in [2.24, 2.45) is 0 Å². The maximum absolute atomic E-state index is 13.4. The highest BCUT2D eigenvalue weighted by Crippen LogP contribution is 2.32.